The Labute approximate surface area is 52.6 Å². The number of carbonyl (C=O) groups is 2. The Hall–Kier alpha value is -0.900. The molecule has 0 bridgehead atoms. The molecule has 1 saturated heterocycles. The van der Waals surface area contributed by atoms with Gasteiger partial charge in [-0.05, 0) is 6.92 Å². The van der Waals surface area contributed by atoms with Gasteiger partial charge < -0.3 is 0 Å². The molecular weight excluding hydrogens is 120 g/mol. The zero-order chi connectivity index (χ0) is 6.85. The van der Waals surface area contributed by atoms with Crippen molar-refractivity contribution in [2.75, 3.05) is 6.54 Å². The van der Waals surface area contributed by atoms with Gasteiger partial charge in [-0.15, -0.1) is 0 Å². The van der Waals surface area contributed by atoms with Crippen LogP contribution < -0.4 is 10.6 Å². The average Bonchev–Trinajstić information content (AvgIpc) is 1.80. The van der Waals surface area contributed by atoms with Crippen molar-refractivity contribution in [1.29, 1.82) is 0 Å². The summed E-state index contributed by atoms with van der Waals surface area (Å²) in [4.78, 5) is 20.9. The molecule has 0 saturated carbocycles. The summed E-state index contributed by atoms with van der Waals surface area (Å²) in [5.74, 6) is -0.746. The van der Waals surface area contributed by atoms with Crippen LogP contribution in [0.2, 0.25) is 0 Å². The molecule has 2 amide bonds. The Morgan fingerprint density at radius 1 is 1.67 bits per heavy atom. The number of nitrogens with zero attached hydrogens (tertiary/aromatic N) is 1. The van der Waals surface area contributed by atoms with Crippen molar-refractivity contribution in [3.8, 4) is 0 Å². The molecule has 1 heterocycles. The van der Waals surface area contributed by atoms with Gasteiger partial charge in [0.2, 0.25) is 0 Å². The van der Waals surface area contributed by atoms with Crippen molar-refractivity contribution in [3.05, 3.63) is 0 Å². The molecule has 1 unspecified atom stereocenters. The lowest BCUT2D eigenvalue weighted by Crippen LogP contribution is -2.50. The third kappa shape index (κ3) is 1.26. The number of amides is 2. The molecule has 1 aliphatic rings. The molecule has 49 valence electrons. The van der Waals surface area contributed by atoms with Crippen molar-refractivity contribution in [3.63, 3.8) is 0 Å². The van der Waals surface area contributed by atoms with Crippen molar-refractivity contribution in [2.24, 2.45) is 0 Å². The fourth-order valence-corrected chi connectivity index (χ4v) is 0.587. The molecule has 1 fully saturated rings. The molecular formula is C5H7N2O2. The maximum Gasteiger partial charge on any atom is 0.265 e. The predicted octanol–water partition coefficient (Wildman–Crippen LogP) is -1.36. The zero-order valence-corrected chi connectivity index (χ0v) is 5.05. The standard InChI is InChI=1S/C5H7N2O2/c1-3-5(9)7-4(8)2-6-3/h3,6H,2H2,1H3. The van der Waals surface area contributed by atoms with E-state index in [4.69, 9.17) is 0 Å². The van der Waals surface area contributed by atoms with E-state index in [-0.39, 0.29) is 24.4 Å². The molecule has 1 radical (unpaired) electrons. The first-order valence-corrected chi connectivity index (χ1v) is 2.72. The van der Waals surface area contributed by atoms with Gasteiger partial charge in [-0.25, -0.2) is 0 Å². The van der Waals surface area contributed by atoms with Crippen molar-refractivity contribution in [2.45, 2.75) is 13.0 Å². The number of hydrogen-bond donors (Lipinski definition) is 1. The topological polar surface area (TPSA) is 60.3 Å². The summed E-state index contributed by atoms with van der Waals surface area (Å²) in [7, 11) is 0. The van der Waals surface area contributed by atoms with Gasteiger partial charge in [-0.1, -0.05) is 0 Å². The third-order valence-corrected chi connectivity index (χ3v) is 1.16. The molecule has 1 aliphatic heterocycles. The van der Waals surface area contributed by atoms with Gasteiger partial charge in [0.25, 0.3) is 11.8 Å². The third-order valence-electron chi connectivity index (χ3n) is 1.16. The fraction of sp³-hybridized carbons (Fsp3) is 0.600. The van der Waals surface area contributed by atoms with Crippen LogP contribution in [0.25, 0.3) is 0 Å². The van der Waals surface area contributed by atoms with Crippen LogP contribution in [-0.2, 0) is 9.59 Å². The summed E-state index contributed by atoms with van der Waals surface area (Å²) < 4.78 is 0. The van der Waals surface area contributed by atoms with Gasteiger partial charge in [-0.3, -0.25) is 14.9 Å². The summed E-state index contributed by atoms with van der Waals surface area (Å²) >= 11 is 0. The summed E-state index contributed by atoms with van der Waals surface area (Å²) in [6, 6.07) is -0.289. The molecule has 0 aromatic carbocycles. The predicted molar refractivity (Wildman–Crippen MR) is 29.6 cm³/mol. The first-order valence-electron chi connectivity index (χ1n) is 2.72. The van der Waals surface area contributed by atoms with E-state index in [9.17, 15) is 9.59 Å². The Morgan fingerprint density at radius 2 is 2.33 bits per heavy atom. The van der Waals surface area contributed by atoms with E-state index in [2.05, 4.69) is 10.6 Å². The molecule has 0 aromatic heterocycles. The van der Waals surface area contributed by atoms with E-state index in [0.717, 1.165) is 0 Å². The minimum atomic E-state index is -0.377. The Morgan fingerprint density at radius 3 is 2.78 bits per heavy atom. The van der Waals surface area contributed by atoms with Gasteiger partial charge in [0, 0.05) is 0 Å². The first-order chi connectivity index (χ1) is 4.20. The van der Waals surface area contributed by atoms with E-state index in [0.29, 0.717) is 0 Å². The molecule has 4 heteroatoms. The highest BCUT2D eigenvalue weighted by Gasteiger charge is 2.23. The molecule has 1 atom stereocenters. The highest BCUT2D eigenvalue weighted by atomic mass is 16.2. The second-order valence-electron chi connectivity index (χ2n) is 1.95. The number of carbonyl (C=O) groups excluding carboxylic acids is 2. The first kappa shape index (κ1) is 6.22. The lowest BCUT2D eigenvalue weighted by atomic mass is 10.2. The fourth-order valence-electron chi connectivity index (χ4n) is 0.587. The Kier molecular flexibility index (Phi) is 1.48. The van der Waals surface area contributed by atoms with Crippen molar-refractivity contribution < 1.29 is 9.59 Å². The highest BCUT2D eigenvalue weighted by molar-refractivity contribution is 6.00. The number of rotatable bonds is 0. The monoisotopic (exact) mass is 127 g/mol. The zero-order valence-electron chi connectivity index (χ0n) is 5.05. The second-order valence-corrected chi connectivity index (χ2v) is 1.95. The molecule has 0 aromatic rings. The van der Waals surface area contributed by atoms with Gasteiger partial charge in [0.05, 0.1) is 12.6 Å². The van der Waals surface area contributed by atoms with E-state index >= 15 is 0 Å². The van der Waals surface area contributed by atoms with Crippen molar-refractivity contribution >= 4 is 11.8 Å². The van der Waals surface area contributed by atoms with Crippen LogP contribution in [0.5, 0.6) is 0 Å². The lowest BCUT2D eigenvalue weighted by Gasteiger charge is -2.15. The molecule has 1 N–H and O–H groups in total. The van der Waals surface area contributed by atoms with Crippen LogP contribution in [0.3, 0.4) is 0 Å². The Balaban J connectivity index is 2.54. The van der Waals surface area contributed by atoms with E-state index in [1.54, 1.807) is 6.92 Å². The van der Waals surface area contributed by atoms with Gasteiger partial charge in [-0.2, -0.15) is 5.32 Å². The Bertz CT molecular complexity index is 155. The quantitative estimate of drug-likeness (QED) is 0.409. The maximum atomic E-state index is 10.6. The van der Waals surface area contributed by atoms with E-state index in [1.807, 2.05) is 0 Å². The second kappa shape index (κ2) is 2.14. The van der Waals surface area contributed by atoms with Crippen LogP contribution in [0, 0.1) is 0 Å². The SMILES string of the molecule is CC1NCC(=O)[N]C1=O. The van der Waals surface area contributed by atoms with E-state index < -0.39 is 0 Å². The van der Waals surface area contributed by atoms with Gasteiger partial charge in [0.15, 0.2) is 0 Å². The summed E-state index contributed by atoms with van der Waals surface area (Å²) in [6.07, 6.45) is 0. The highest BCUT2D eigenvalue weighted by Crippen LogP contribution is 1.88. The minimum absolute atomic E-state index is 0.187. The van der Waals surface area contributed by atoms with Crippen molar-refractivity contribution in [1.82, 2.24) is 10.6 Å². The van der Waals surface area contributed by atoms with Crippen LogP contribution in [0.4, 0.5) is 0 Å². The molecule has 0 aliphatic carbocycles. The average molecular weight is 127 g/mol. The molecule has 4 nitrogen and oxygen atoms in total. The number of imide groups is 1. The smallest absolute Gasteiger partial charge is 0.265 e. The summed E-state index contributed by atoms with van der Waals surface area (Å²) in [5, 5.41) is 5.91. The minimum Gasteiger partial charge on any atom is -0.297 e. The summed E-state index contributed by atoms with van der Waals surface area (Å²) in [6.45, 7) is 1.87. The maximum absolute atomic E-state index is 10.6. The molecule has 0 spiro atoms. The summed E-state index contributed by atoms with van der Waals surface area (Å²) in [5.41, 5.74) is 0. The van der Waals surface area contributed by atoms with Crippen LogP contribution in [-0.4, -0.2) is 24.4 Å². The van der Waals surface area contributed by atoms with Gasteiger partial charge >= 0.3 is 0 Å². The van der Waals surface area contributed by atoms with Crippen LogP contribution in [0.15, 0.2) is 0 Å². The molecule has 1 rings (SSSR count). The number of hydrogen-bond acceptors (Lipinski definition) is 3. The van der Waals surface area contributed by atoms with Crippen LogP contribution in [0.1, 0.15) is 6.92 Å². The van der Waals surface area contributed by atoms with E-state index in [1.165, 1.54) is 0 Å². The largest absolute Gasteiger partial charge is 0.297 e. The lowest BCUT2D eigenvalue weighted by molar-refractivity contribution is -0.134. The normalized spacial score (nSPS) is 27.9. The van der Waals surface area contributed by atoms with Crippen LogP contribution >= 0.6 is 0 Å². The molecule has 9 heavy (non-hydrogen) atoms. The number of piperazine rings is 1. The number of nitrogens with one attached hydrogen (secondary N) is 1. The van der Waals surface area contributed by atoms with Gasteiger partial charge in [0.1, 0.15) is 0 Å².